The number of benzene rings is 2. The van der Waals surface area contributed by atoms with Gasteiger partial charge in [0.25, 0.3) is 0 Å². The second kappa shape index (κ2) is 11.7. The van der Waals surface area contributed by atoms with E-state index in [1.807, 2.05) is 6.20 Å². The predicted octanol–water partition coefficient (Wildman–Crippen LogP) is 5.20. The van der Waals surface area contributed by atoms with Gasteiger partial charge in [0.1, 0.15) is 5.75 Å². The molecule has 0 amide bonds. The average Bonchev–Trinajstić information content (AvgIpc) is 3.17. The summed E-state index contributed by atoms with van der Waals surface area (Å²) in [6, 6.07) is 19.3. The minimum Gasteiger partial charge on any atom is -0.494 e. The van der Waals surface area contributed by atoms with Crippen LogP contribution in [0.25, 0.3) is 10.9 Å². The fraction of sp³-hybridized carbons (Fsp3) is 0.483. The van der Waals surface area contributed by atoms with E-state index in [2.05, 4.69) is 74.3 Å². The van der Waals surface area contributed by atoms with E-state index in [1.165, 1.54) is 62.0 Å². The first-order chi connectivity index (χ1) is 16.8. The first-order valence-corrected chi connectivity index (χ1v) is 13.1. The van der Waals surface area contributed by atoms with Crippen molar-refractivity contribution in [2.24, 2.45) is 0 Å². The van der Waals surface area contributed by atoms with Gasteiger partial charge in [0.05, 0.1) is 12.1 Å². The topological polar surface area (TPSA) is 31.8 Å². The standard InChI is InChI=1S/C29H38N4O/c1-2-6-17-31(16-5-1)18-7-23-34-26-12-10-25(11-13-26)24-32-19-21-33(22-20-32)29-14-15-30-28-9-4-3-8-27(28)29/h3-4,8-15H,1-2,5-7,16-24H2. The third kappa shape index (κ3) is 6.08. The van der Waals surface area contributed by atoms with Crippen LogP contribution in [0.15, 0.2) is 60.8 Å². The molecule has 0 aliphatic carbocycles. The summed E-state index contributed by atoms with van der Waals surface area (Å²) in [4.78, 5) is 12.2. The van der Waals surface area contributed by atoms with E-state index in [9.17, 15) is 0 Å². The van der Waals surface area contributed by atoms with Crippen LogP contribution < -0.4 is 9.64 Å². The highest BCUT2D eigenvalue weighted by Gasteiger charge is 2.19. The normalized spacial score (nSPS) is 18.2. The van der Waals surface area contributed by atoms with E-state index >= 15 is 0 Å². The predicted molar refractivity (Wildman–Crippen MR) is 141 cm³/mol. The van der Waals surface area contributed by atoms with Crippen LogP contribution in [0.2, 0.25) is 0 Å². The molecule has 2 aliphatic rings. The Labute approximate surface area is 204 Å². The lowest BCUT2D eigenvalue weighted by molar-refractivity contribution is 0.239. The molecule has 5 rings (SSSR count). The number of pyridine rings is 1. The number of para-hydroxylation sites is 1. The van der Waals surface area contributed by atoms with Crippen LogP contribution in [0.4, 0.5) is 5.69 Å². The monoisotopic (exact) mass is 458 g/mol. The van der Waals surface area contributed by atoms with E-state index in [4.69, 9.17) is 4.74 Å². The maximum atomic E-state index is 6.02. The van der Waals surface area contributed by atoms with Crippen molar-refractivity contribution < 1.29 is 4.74 Å². The summed E-state index contributed by atoms with van der Waals surface area (Å²) in [5, 5.41) is 1.25. The molecule has 180 valence electrons. The van der Waals surface area contributed by atoms with Gasteiger partial charge in [0.2, 0.25) is 0 Å². The molecule has 0 spiro atoms. The van der Waals surface area contributed by atoms with Crippen molar-refractivity contribution in [3.05, 3.63) is 66.4 Å². The van der Waals surface area contributed by atoms with Crippen molar-refractivity contribution in [3.8, 4) is 5.75 Å². The van der Waals surface area contributed by atoms with E-state index in [0.717, 1.165) is 57.0 Å². The van der Waals surface area contributed by atoms with E-state index < -0.39 is 0 Å². The lowest BCUT2D eigenvalue weighted by Crippen LogP contribution is -2.46. The molecule has 34 heavy (non-hydrogen) atoms. The van der Waals surface area contributed by atoms with Crippen molar-refractivity contribution in [2.45, 2.75) is 38.6 Å². The average molecular weight is 459 g/mol. The number of fused-ring (bicyclic) bond motifs is 1. The van der Waals surface area contributed by atoms with Crippen molar-refractivity contribution in [1.82, 2.24) is 14.8 Å². The molecule has 5 heteroatoms. The lowest BCUT2D eigenvalue weighted by Gasteiger charge is -2.36. The van der Waals surface area contributed by atoms with Crippen molar-refractivity contribution >= 4 is 16.6 Å². The summed E-state index contributed by atoms with van der Waals surface area (Å²) >= 11 is 0. The Morgan fingerprint density at radius 1 is 0.735 bits per heavy atom. The Hall–Kier alpha value is -2.63. The van der Waals surface area contributed by atoms with Gasteiger partial charge >= 0.3 is 0 Å². The summed E-state index contributed by atoms with van der Waals surface area (Å²) < 4.78 is 6.02. The number of nitrogens with zero attached hydrogens (tertiary/aromatic N) is 4. The molecule has 0 N–H and O–H groups in total. The number of hydrogen-bond acceptors (Lipinski definition) is 5. The van der Waals surface area contributed by atoms with Crippen molar-refractivity contribution in [2.75, 3.05) is 57.3 Å². The molecule has 0 bridgehead atoms. The highest BCUT2D eigenvalue weighted by molar-refractivity contribution is 5.91. The maximum Gasteiger partial charge on any atom is 0.119 e. The van der Waals surface area contributed by atoms with Crippen LogP contribution in [-0.4, -0.2) is 67.2 Å². The Morgan fingerprint density at radius 2 is 1.50 bits per heavy atom. The van der Waals surface area contributed by atoms with Crippen LogP contribution in [0.1, 0.15) is 37.7 Å². The Morgan fingerprint density at radius 3 is 2.29 bits per heavy atom. The zero-order valence-electron chi connectivity index (χ0n) is 20.4. The molecule has 2 fully saturated rings. The fourth-order valence-corrected chi connectivity index (χ4v) is 5.29. The molecule has 5 nitrogen and oxygen atoms in total. The fourth-order valence-electron chi connectivity index (χ4n) is 5.29. The van der Waals surface area contributed by atoms with Gasteiger partial charge in [-0.25, -0.2) is 0 Å². The molecule has 3 heterocycles. The smallest absolute Gasteiger partial charge is 0.119 e. The molecular weight excluding hydrogens is 420 g/mol. The number of ether oxygens (including phenoxy) is 1. The first kappa shape index (κ1) is 23.1. The van der Waals surface area contributed by atoms with Gasteiger partial charge in [-0.15, -0.1) is 0 Å². The number of rotatable bonds is 8. The SMILES string of the molecule is c1ccc2c(N3CCN(Cc4ccc(OCCCN5CCCCCC5)cc4)CC3)ccnc2c1. The summed E-state index contributed by atoms with van der Waals surface area (Å²) in [7, 11) is 0. The minimum atomic E-state index is 0.807. The number of anilines is 1. The van der Waals surface area contributed by atoms with Gasteiger partial charge in [-0.3, -0.25) is 9.88 Å². The van der Waals surface area contributed by atoms with Crippen LogP contribution in [0, 0.1) is 0 Å². The van der Waals surface area contributed by atoms with Crippen molar-refractivity contribution in [3.63, 3.8) is 0 Å². The molecule has 0 unspecified atom stereocenters. The molecular formula is C29H38N4O. The molecule has 0 saturated carbocycles. The van der Waals surface area contributed by atoms with Gasteiger partial charge < -0.3 is 14.5 Å². The second-order valence-corrected chi connectivity index (χ2v) is 9.71. The molecule has 1 aromatic heterocycles. The van der Waals surface area contributed by atoms with Crippen LogP contribution in [-0.2, 0) is 6.54 Å². The van der Waals surface area contributed by atoms with Gasteiger partial charge in [-0.2, -0.15) is 0 Å². The third-order valence-electron chi connectivity index (χ3n) is 7.25. The molecule has 0 radical (unpaired) electrons. The number of likely N-dealkylation sites (tertiary alicyclic amines) is 1. The van der Waals surface area contributed by atoms with Crippen LogP contribution >= 0.6 is 0 Å². The zero-order chi connectivity index (χ0) is 23.0. The molecule has 2 aliphatic heterocycles. The summed E-state index contributed by atoms with van der Waals surface area (Å²) in [5.74, 6) is 0.994. The number of aromatic nitrogens is 1. The van der Waals surface area contributed by atoms with E-state index in [1.54, 1.807) is 0 Å². The van der Waals surface area contributed by atoms with Gasteiger partial charge in [-0.05, 0) is 62.2 Å². The zero-order valence-corrected chi connectivity index (χ0v) is 20.4. The minimum absolute atomic E-state index is 0.807. The highest BCUT2D eigenvalue weighted by atomic mass is 16.5. The van der Waals surface area contributed by atoms with Gasteiger partial charge in [0, 0.05) is 56.5 Å². The molecule has 0 atom stereocenters. The summed E-state index contributed by atoms with van der Waals surface area (Å²) in [6.45, 7) is 9.75. The van der Waals surface area contributed by atoms with E-state index in [0.29, 0.717) is 0 Å². The summed E-state index contributed by atoms with van der Waals surface area (Å²) in [5.41, 5.74) is 3.74. The highest BCUT2D eigenvalue weighted by Crippen LogP contribution is 2.26. The van der Waals surface area contributed by atoms with Crippen LogP contribution in [0.5, 0.6) is 5.75 Å². The number of hydrogen-bond donors (Lipinski definition) is 0. The first-order valence-electron chi connectivity index (χ1n) is 13.1. The quantitative estimate of drug-likeness (QED) is 0.433. The Kier molecular flexibility index (Phi) is 7.94. The van der Waals surface area contributed by atoms with Crippen molar-refractivity contribution in [1.29, 1.82) is 0 Å². The Bertz CT molecular complexity index is 1020. The van der Waals surface area contributed by atoms with Crippen LogP contribution in [0.3, 0.4) is 0 Å². The second-order valence-electron chi connectivity index (χ2n) is 9.71. The molecule has 2 saturated heterocycles. The largest absolute Gasteiger partial charge is 0.494 e. The van der Waals surface area contributed by atoms with E-state index in [-0.39, 0.29) is 0 Å². The molecule has 2 aromatic carbocycles. The third-order valence-corrected chi connectivity index (χ3v) is 7.25. The summed E-state index contributed by atoms with van der Waals surface area (Å²) in [6.07, 6.45) is 8.56. The van der Waals surface area contributed by atoms with Gasteiger partial charge in [-0.1, -0.05) is 43.2 Å². The lowest BCUT2D eigenvalue weighted by atomic mass is 10.1. The Balaban J connectivity index is 1.05. The molecule has 3 aromatic rings. The number of piperazine rings is 1. The maximum absolute atomic E-state index is 6.02. The van der Waals surface area contributed by atoms with Gasteiger partial charge in [0.15, 0.2) is 0 Å².